The third-order valence-electron chi connectivity index (χ3n) is 4.31. The Morgan fingerprint density at radius 1 is 1.11 bits per heavy atom. The molecule has 0 saturated carbocycles. The number of nitrogens with one attached hydrogen (secondary N) is 1. The lowest BCUT2D eigenvalue weighted by molar-refractivity contribution is 0.539. The lowest BCUT2D eigenvalue weighted by Crippen LogP contribution is -2.42. The summed E-state index contributed by atoms with van der Waals surface area (Å²) in [6, 6.07) is 4.48. The van der Waals surface area contributed by atoms with Crippen LogP contribution in [0.25, 0.3) is 0 Å². The highest BCUT2D eigenvalue weighted by Gasteiger charge is 2.30. The molecule has 28 heavy (non-hydrogen) atoms. The van der Waals surface area contributed by atoms with Gasteiger partial charge in [-0.1, -0.05) is 18.2 Å². The minimum Gasteiger partial charge on any atom is -0.336 e. The van der Waals surface area contributed by atoms with Crippen LogP contribution in [0.15, 0.2) is 57.3 Å². The Kier molecular flexibility index (Phi) is 5.04. The maximum Gasteiger partial charge on any atom is 0.330 e. The number of hydrogen-bond donors (Lipinski definition) is 1. The molecule has 2 heterocycles. The Morgan fingerprint density at radius 3 is 2.39 bits per heavy atom. The molecule has 0 fully saturated rings. The Balaban J connectivity index is 2.17. The lowest BCUT2D eigenvalue weighted by Gasteiger charge is -2.20. The van der Waals surface area contributed by atoms with Gasteiger partial charge in [-0.05, 0) is 6.07 Å². The predicted octanol–water partition coefficient (Wildman–Crippen LogP) is 0.0245. The standard InChI is InChI=1S/C17H18FN5O4S/c1-21-9-8-19-15(21)14(11-6-4-5-7-12(11)18)20-28(26,27)13-10-22(2)17(25)23(3)16(13)24/h4-10,14,20H,1-3H3. The van der Waals surface area contributed by atoms with Crippen molar-refractivity contribution in [2.24, 2.45) is 21.1 Å². The average molecular weight is 407 g/mol. The van der Waals surface area contributed by atoms with Gasteiger partial charge in [0, 0.05) is 45.3 Å². The molecule has 1 N–H and O–H groups in total. The topological polar surface area (TPSA) is 108 Å². The van der Waals surface area contributed by atoms with E-state index in [1.165, 1.54) is 38.5 Å². The molecule has 1 atom stereocenters. The molecule has 0 radical (unpaired) electrons. The molecular formula is C17H18FN5O4S. The highest BCUT2D eigenvalue weighted by molar-refractivity contribution is 7.89. The first-order chi connectivity index (χ1) is 13.1. The first-order valence-corrected chi connectivity index (χ1v) is 9.62. The van der Waals surface area contributed by atoms with Crippen LogP contribution in [-0.2, 0) is 31.2 Å². The molecule has 0 aliphatic rings. The molecule has 11 heteroatoms. The van der Waals surface area contributed by atoms with Crippen LogP contribution in [0.4, 0.5) is 4.39 Å². The average Bonchev–Trinajstić information content (AvgIpc) is 3.07. The van der Waals surface area contributed by atoms with Gasteiger partial charge in [0.25, 0.3) is 5.56 Å². The van der Waals surface area contributed by atoms with E-state index in [1.807, 2.05) is 0 Å². The van der Waals surface area contributed by atoms with Crippen molar-refractivity contribution in [2.45, 2.75) is 10.9 Å². The molecule has 0 bridgehead atoms. The Morgan fingerprint density at radius 2 is 1.79 bits per heavy atom. The molecule has 3 rings (SSSR count). The largest absolute Gasteiger partial charge is 0.336 e. The number of aryl methyl sites for hydroxylation is 2. The number of sulfonamides is 1. The Labute approximate surface area is 159 Å². The first kappa shape index (κ1) is 19.7. The second kappa shape index (κ2) is 7.17. The van der Waals surface area contributed by atoms with E-state index in [1.54, 1.807) is 23.9 Å². The Hall–Kier alpha value is -3.05. The van der Waals surface area contributed by atoms with Gasteiger partial charge in [-0.3, -0.25) is 9.36 Å². The maximum atomic E-state index is 14.4. The van der Waals surface area contributed by atoms with Crippen molar-refractivity contribution in [2.75, 3.05) is 0 Å². The third-order valence-corrected chi connectivity index (χ3v) is 5.72. The number of nitrogens with zero attached hydrogens (tertiary/aromatic N) is 4. The summed E-state index contributed by atoms with van der Waals surface area (Å²) in [6.07, 6.45) is 3.97. The minimum atomic E-state index is -4.42. The van der Waals surface area contributed by atoms with Crippen LogP contribution in [0.5, 0.6) is 0 Å². The van der Waals surface area contributed by atoms with Crippen molar-refractivity contribution in [1.82, 2.24) is 23.4 Å². The van der Waals surface area contributed by atoms with Gasteiger partial charge in [-0.2, -0.15) is 4.72 Å². The zero-order valence-corrected chi connectivity index (χ0v) is 16.1. The summed E-state index contributed by atoms with van der Waals surface area (Å²) in [5.41, 5.74) is -1.61. The van der Waals surface area contributed by atoms with Crippen LogP contribution < -0.4 is 16.0 Å². The van der Waals surface area contributed by atoms with Crippen LogP contribution in [-0.4, -0.2) is 27.1 Å². The van der Waals surface area contributed by atoms with E-state index in [9.17, 15) is 22.4 Å². The van der Waals surface area contributed by atoms with Gasteiger partial charge in [0.15, 0.2) is 4.90 Å². The fourth-order valence-electron chi connectivity index (χ4n) is 2.80. The van der Waals surface area contributed by atoms with E-state index in [4.69, 9.17) is 0 Å². The van der Waals surface area contributed by atoms with Gasteiger partial charge in [0.05, 0.1) is 0 Å². The summed E-state index contributed by atoms with van der Waals surface area (Å²) in [6.45, 7) is 0. The van der Waals surface area contributed by atoms with Gasteiger partial charge in [0.1, 0.15) is 17.7 Å². The lowest BCUT2D eigenvalue weighted by atomic mass is 10.1. The molecule has 0 aliphatic carbocycles. The normalized spacial score (nSPS) is 12.9. The highest BCUT2D eigenvalue weighted by atomic mass is 32.2. The van der Waals surface area contributed by atoms with Crippen molar-refractivity contribution in [3.63, 3.8) is 0 Å². The minimum absolute atomic E-state index is 0.0435. The highest BCUT2D eigenvalue weighted by Crippen LogP contribution is 2.24. The van der Waals surface area contributed by atoms with Crippen LogP contribution >= 0.6 is 0 Å². The predicted molar refractivity (Wildman–Crippen MR) is 98.7 cm³/mol. The van der Waals surface area contributed by atoms with E-state index in [0.717, 1.165) is 10.8 Å². The molecular weight excluding hydrogens is 389 g/mol. The van der Waals surface area contributed by atoms with E-state index < -0.39 is 38.0 Å². The van der Waals surface area contributed by atoms with Gasteiger partial charge in [0.2, 0.25) is 10.0 Å². The molecule has 2 aromatic heterocycles. The molecule has 0 spiro atoms. The van der Waals surface area contributed by atoms with Gasteiger partial charge >= 0.3 is 5.69 Å². The monoisotopic (exact) mass is 407 g/mol. The van der Waals surface area contributed by atoms with Crippen molar-refractivity contribution in [3.8, 4) is 0 Å². The fraction of sp³-hybridized carbons (Fsp3) is 0.235. The van der Waals surface area contributed by atoms with Gasteiger partial charge in [-0.25, -0.2) is 22.6 Å². The quantitative estimate of drug-likeness (QED) is 0.642. The summed E-state index contributed by atoms with van der Waals surface area (Å²) in [7, 11) is -0.283. The van der Waals surface area contributed by atoms with Crippen LogP contribution in [0.3, 0.4) is 0 Å². The summed E-state index contributed by atoms with van der Waals surface area (Å²) >= 11 is 0. The SMILES string of the molecule is Cn1ccnc1C(NS(=O)(=O)c1cn(C)c(=O)n(C)c1=O)c1ccccc1F. The zero-order valence-electron chi connectivity index (χ0n) is 15.3. The van der Waals surface area contributed by atoms with Crippen LogP contribution in [0, 0.1) is 5.82 Å². The van der Waals surface area contributed by atoms with Crippen molar-refractivity contribution < 1.29 is 12.8 Å². The number of aromatic nitrogens is 4. The van der Waals surface area contributed by atoms with E-state index in [0.29, 0.717) is 4.57 Å². The van der Waals surface area contributed by atoms with Gasteiger partial charge in [-0.15, -0.1) is 0 Å². The third kappa shape index (κ3) is 3.41. The number of benzene rings is 1. The first-order valence-electron chi connectivity index (χ1n) is 8.14. The number of imidazole rings is 1. The van der Waals surface area contributed by atoms with Crippen molar-refractivity contribution >= 4 is 10.0 Å². The maximum absolute atomic E-state index is 14.4. The molecule has 0 saturated heterocycles. The van der Waals surface area contributed by atoms with Crippen molar-refractivity contribution in [1.29, 1.82) is 0 Å². The van der Waals surface area contributed by atoms with E-state index in [-0.39, 0.29) is 11.4 Å². The van der Waals surface area contributed by atoms with E-state index >= 15 is 0 Å². The van der Waals surface area contributed by atoms with Crippen LogP contribution in [0.1, 0.15) is 17.4 Å². The second-order valence-corrected chi connectivity index (χ2v) is 7.91. The molecule has 0 amide bonds. The van der Waals surface area contributed by atoms with Crippen LogP contribution in [0.2, 0.25) is 0 Å². The van der Waals surface area contributed by atoms with E-state index in [2.05, 4.69) is 9.71 Å². The van der Waals surface area contributed by atoms with Gasteiger partial charge < -0.3 is 9.13 Å². The smallest absolute Gasteiger partial charge is 0.330 e. The molecule has 1 aromatic carbocycles. The second-order valence-electron chi connectivity index (χ2n) is 6.22. The molecule has 1 unspecified atom stereocenters. The molecule has 9 nitrogen and oxygen atoms in total. The van der Waals surface area contributed by atoms with Crippen molar-refractivity contribution in [3.05, 3.63) is 80.9 Å². The number of rotatable bonds is 5. The zero-order chi connectivity index (χ0) is 20.6. The summed E-state index contributed by atoms with van der Waals surface area (Å²) in [4.78, 5) is 27.7. The number of halogens is 1. The summed E-state index contributed by atoms with van der Waals surface area (Å²) in [5, 5.41) is 0. The Bertz CT molecular complexity index is 1260. The number of hydrogen-bond acceptors (Lipinski definition) is 5. The molecule has 0 aliphatic heterocycles. The fourth-order valence-corrected chi connectivity index (χ4v) is 4.13. The molecule has 3 aromatic rings. The summed E-state index contributed by atoms with van der Waals surface area (Å²) in [5.74, 6) is -0.401. The summed E-state index contributed by atoms with van der Waals surface area (Å²) < 4.78 is 45.9. The molecule has 148 valence electrons.